The van der Waals surface area contributed by atoms with E-state index in [2.05, 4.69) is 0 Å². The smallest absolute Gasteiger partial charge is 0.308 e. The third kappa shape index (κ3) is 1.93. The number of esters is 1. The molecule has 0 radical (unpaired) electrons. The maximum absolute atomic E-state index is 10.7. The number of carbonyl (C=O) groups excluding carboxylic acids is 1. The molecule has 1 saturated heterocycles. The third-order valence-corrected chi connectivity index (χ3v) is 2.26. The van der Waals surface area contributed by atoms with Crippen LogP contribution >= 0.6 is 0 Å². The Labute approximate surface area is 82.7 Å². The Hall–Kier alpha value is -1.35. The molecule has 3 nitrogen and oxygen atoms in total. The zero-order valence-electron chi connectivity index (χ0n) is 8.03. The van der Waals surface area contributed by atoms with Crippen molar-refractivity contribution in [2.75, 3.05) is 13.2 Å². The van der Waals surface area contributed by atoms with Crippen molar-refractivity contribution in [3.8, 4) is 0 Å². The lowest BCUT2D eigenvalue weighted by Gasteiger charge is -2.00. The summed E-state index contributed by atoms with van der Waals surface area (Å²) in [6.45, 7) is 2.80. The molecule has 0 spiro atoms. The van der Waals surface area contributed by atoms with E-state index < -0.39 is 0 Å². The van der Waals surface area contributed by atoms with Gasteiger partial charge >= 0.3 is 5.97 Å². The van der Waals surface area contributed by atoms with Gasteiger partial charge in [0.15, 0.2) is 0 Å². The molecule has 1 aliphatic carbocycles. The lowest BCUT2D eigenvalue weighted by atomic mass is 10.0. The first-order chi connectivity index (χ1) is 6.75. The summed E-state index contributed by atoms with van der Waals surface area (Å²) in [5.74, 6) is 0.654. The van der Waals surface area contributed by atoms with Crippen LogP contribution in [0.5, 0.6) is 0 Å². The molecule has 2 rings (SSSR count). The van der Waals surface area contributed by atoms with Gasteiger partial charge in [0.2, 0.25) is 0 Å². The quantitative estimate of drug-likeness (QED) is 0.592. The average molecular weight is 192 g/mol. The molecule has 0 saturated carbocycles. The van der Waals surface area contributed by atoms with Crippen LogP contribution in [0.2, 0.25) is 0 Å². The van der Waals surface area contributed by atoms with Crippen molar-refractivity contribution in [3.63, 3.8) is 0 Å². The van der Waals surface area contributed by atoms with Gasteiger partial charge < -0.3 is 9.47 Å². The predicted octanol–water partition coefficient (Wildman–Crippen LogP) is 1.58. The molecule has 1 aliphatic heterocycles. The summed E-state index contributed by atoms with van der Waals surface area (Å²) < 4.78 is 10.3. The van der Waals surface area contributed by atoms with Crippen LogP contribution in [0.4, 0.5) is 0 Å². The Kier molecular flexibility index (Phi) is 2.50. The van der Waals surface area contributed by atoms with Crippen LogP contribution in [0, 0.1) is 5.92 Å². The maximum Gasteiger partial charge on any atom is 0.308 e. The number of rotatable bonds is 1. The number of hydrogen-bond donors (Lipinski definition) is 0. The molecule has 2 aliphatic rings. The SMILES string of the molecule is CC(=O)OC1=CC=C2COC[C@H]2C=C1. The van der Waals surface area contributed by atoms with Gasteiger partial charge in [-0.05, 0) is 17.7 Å². The van der Waals surface area contributed by atoms with Gasteiger partial charge in [-0.25, -0.2) is 0 Å². The Morgan fingerprint density at radius 1 is 1.57 bits per heavy atom. The highest BCUT2D eigenvalue weighted by Gasteiger charge is 2.20. The van der Waals surface area contributed by atoms with Crippen molar-refractivity contribution in [2.45, 2.75) is 6.92 Å². The van der Waals surface area contributed by atoms with E-state index in [1.165, 1.54) is 12.5 Å². The monoisotopic (exact) mass is 192 g/mol. The van der Waals surface area contributed by atoms with Crippen LogP contribution < -0.4 is 0 Å². The van der Waals surface area contributed by atoms with E-state index in [0.29, 0.717) is 18.3 Å². The molecule has 0 amide bonds. The molecule has 0 aromatic heterocycles. The molecular weight excluding hydrogens is 180 g/mol. The summed E-state index contributed by atoms with van der Waals surface area (Å²) in [5.41, 5.74) is 1.24. The molecule has 14 heavy (non-hydrogen) atoms. The summed E-state index contributed by atoms with van der Waals surface area (Å²) in [6.07, 6.45) is 7.61. The number of ether oxygens (including phenoxy) is 2. The first-order valence-corrected chi connectivity index (χ1v) is 4.61. The first-order valence-electron chi connectivity index (χ1n) is 4.61. The number of allylic oxidation sites excluding steroid dienone is 3. The zero-order valence-corrected chi connectivity index (χ0v) is 8.03. The largest absolute Gasteiger partial charge is 0.427 e. The van der Waals surface area contributed by atoms with Crippen molar-refractivity contribution < 1.29 is 14.3 Å². The molecule has 0 aromatic rings. The Balaban J connectivity index is 2.15. The minimum Gasteiger partial charge on any atom is -0.427 e. The number of fused-ring (bicyclic) bond motifs is 1. The highest BCUT2D eigenvalue weighted by atomic mass is 16.5. The van der Waals surface area contributed by atoms with Crippen molar-refractivity contribution >= 4 is 5.97 Å². The standard InChI is InChI=1S/C11H12O3/c1-8(12)14-11-4-2-9-6-13-7-10(9)3-5-11/h2-5,9H,6-7H2,1H3/t9-/m1/s1. The van der Waals surface area contributed by atoms with Crippen LogP contribution in [0.3, 0.4) is 0 Å². The minimum absolute atomic E-state index is 0.289. The van der Waals surface area contributed by atoms with Gasteiger partial charge in [0.25, 0.3) is 0 Å². The lowest BCUT2D eigenvalue weighted by molar-refractivity contribution is -0.136. The van der Waals surface area contributed by atoms with Crippen LogP contribution in [0.15, 0.2) is 35.6 Å². The molecule has 1 fully saturated rings. The molecule has 3 heteroatoms. The normalized spacial score (nSPS) is 24.8. The fraction of sp³-hybridized carbons (Fsp3) is 0.364. The van der Waals surface area contributed by atoms with Gasteiger partial charge in [0, 0.05) is 12.8 Å². The molecule has 0 bridgehead atoms. The Morgan fingerprint density at radius 3 is 3.21 bits per heavy atom. The molecular formula is C11H12O3. The average Bonchev–Trinajstić information content (AvgIpc) is 2.50. The van der Waals surface area contributed by atoms with Gasteiger partial charge in [0.1, 0.15) is 5.76 Å². The molecule has 0 N–H and O–H groups in total. The highest BCUT2D eigenvalue weighted by molar-refractivity contribution is 5.67. The summed E-state index contributed by atoms with van der Waals surface area (Å²) in [4.78, 5) is 10.7. The van der Waals surface area contributed by atoms with Gasteiger partial charge in [-0.2, -0.15) is 0 Å². The van der Waals surface area contributed by atoms with Gasteiger partial charge in [-0.15, -0.1) is 0 Å². The van der Waals surface area contributed by atoms with Crippen molar-refractivity contribution in [1.82, 2.24) is 0 Å². The Bertz CT molecular complexity index is 336. The second kappa shape index (κ2) is 3.80. The molecule has 74 valence electrons. The summed E-state index contributed by atoms with van der Waals surface area (Å²) in [7, 11) is 0. The summed E-state index contributed by atoms with van der Waals surface area (Å²) in [6, 6.07) is 0. The van der Waals surface area contributed by atoms with E-state index in [1.54, 1.807) is 0 Å². The van der Waals surface area contributed by atoms with Crippen LogP contribution in [0.25, 0.3) is 0 Å². The van der Waals surface area contributed by atoms with Crippen LogP contribution in [-0.4, -0.2) is 19.2 Å². The second-order valence-electron chi connectivity index (χ2n) is 3.38. The zero-order chi connectivity index (χ0) is 9.97. The van der Waals surface area contributed by atoms with E-state index in [0.717, 1.165) is 6.61 Å². The van der Waals surface area contributed by atoms with Crippen molar-refractivity contribution in [3.05, 3.63) is 35.6 Å². The number of hydrogen-bond acceptors (Lipinski definition) is 3. The molecule has 0 aromatic carbocycles. The number of carbonyl (C=O) groups is 1. The van der Waals surface area contributed by atoms with Gasteiger partial charge in [-0.1, -0.05) is 12.2 Å². The van der Waals surface area contributed by atoms with E-state index in [-0.39, 0.29) is 5.97 Å². The van der Waals surface area contributed by atoms with E-state index in [9.17, 15) is 4.79 Å². The van der Waals surface area contributed by atoms with Gasteiger partial charge in [0.05, 0.1) is 13.2 Å². The van der Waals surface area contributed by atoms with Crippen LogP contribution in [0.1, 0.15) is 6.92 Å². The summed E-state index contributed by atoms with van der Waals surface area (Å²) in [5, 5.41) is 0. The second-order valence-corrected chi connectivity index (χ2v) is 3.38. The van der Waals surface area contributed by atoms with Crippen molar-refractivity contribution in [2.24, 2.45) is 5.92 Å². The summed E-state index contributed by atoms with van der Waals surface area (Å²) >= 11 is 0. The fourth-order valence-corrected chi connectivity index (χ4v) is 1.56. The predicted molar refractivity (Wildman–Crippen MR) is 51.4 cm³/mol. The Morgan fingerprint density at radius 2 is 2.43 bits per heavy atom. The molecule has 1 heterocycles. The fourth-order valence-electron chi connectivity index (χ4n) is 1.56. The van der Waals surface area contributed by atoms with Gasteiger partial charge in [-0.3, -0.25) is 4.79 Å². The van der Waals surface area contributed by atoms with E-state index in [4.69, 9.17) is 9.47 Å². The first kappa shape index (κ1) is 9.21. The van der Waals surface area contributed by atoms with Crippen LogP contribution in [-0.2, 0) is 14.3 Å². The highest BCUT2D eigenvalue weighted by Crippen LogP contribution is 2.24. The maximum atomic E-state index is 10.7. The lowest BCUT2D eigenvalue weighted by Crippen LogP contribution is -1.97. The molecule has 1 atom stereocenters. The van der Waals surface area contributed by atoms with E-state index in [1.807, 2.05) is 24.3 Å². The molecule has 0 unspecified atom stereocenters. The third-order valence-electron chi connectivity index (χ3n) is 2.26. The topological polar surface area (TPSA) is 35.5 Å². The van der Waals surface area contributed by atoms with E-state index >= 15 is 0 Å². The minimum atomic E-state index is -0.289. The van der Waals surface area contributed by atoms with Crippen molar-refractivity contribution in [1.29, 1.82) is 0 Å².